The Morgan fingerprint density at radius 2 is 1.96 bits per heavy atom. The van der Waals surface area contributed by atoms with E-state index in [2.05, 4.69) is 10.3 Å². The SMILES string of the molecule is O=C(O)c1cc(Cl)ccc1Nc1c([C@H]2CCOC2)cnc2ccc(Cl)cc12. The minimum Gasteiger partial charge on any atom is -0.478 e. The smallest absolute Gasteiger partial charge is 0.337 e. The Morgan fingerprint density at radius 1 is 1.19 bits per heavy atom. The number of nitrogens with one attached hydrogen (secondary N) is 1. The predicted molar refractivity (Wildman–Crippen MR) is 107 cm³/mol. The summed E-state index contributed by atoms with van der Waals surface area (Å²) >= 11 is 12.2. The summed E-state index contributed by atoms with van der Waals surface area (Å²) in [7, 11) is 0. The van der Waals surface area contributed by atoms with Gasteiger partial charge in [-0.05, 0) is 42.8 Å². The summed E-state index contributed by atoms with van der Waals surface area (Å²) in [4.78, 5) is 16.2. The highest BCUT2D eigenvalue weighted by molar-refractivity contribution is 6.31. The number of ether oxygens (including phenoxy) is 1. The Hall–Kier alpha value is -2.34. The lowest BCUT2D eigenvalue weighted by atomic mass is 9.96. The van der Waals surface area contributed by atoms with Gasteiger partial charge in [0.15, 0.2) is 0 Å². The van der Waals surface area contributed by atoms with Crippen molar-refractivity contribution in [1.29, 1.82) is 0 Å². The molecule has 1 aromatic heterocycles. The van der Waals surface area contributed by atoms with Gasteiger partial charge in [-0.1, -0.05) is 23.2 Å². The third kappa shape index (κ3) is 3.58. The second-order valence-electron chi connectivity index (χ2n) is 6.43. The van der Waals surface area contributed by atoms with Crippen LogP contribution in [0.4, 0.5) is 11.4 Å². The van der Waals surface area contributed by atoms with Crippen molar-refractivity contribution in [3.05, 3.63) is 63.8 Å². The Kier molecular flexibility index (Phi) is 4.91. The lowest BCUT2D eigenvalue weighted by Crippen LogP contribution is -2.08. The maximum absolute atomic E-state index is 11.7. The second-order valence-corrected chi connectivity index (χ2v) is 7.30. The zero-order chi connectivity index (χ0) is 19.0. The summed E-state index contributed by atoms with van der Waals surface area (Å²) in [6.07, 6.45) is 2.71. The molecule has 5 nitrogen and oxygen atoms in total. The summed E-state index contributed by atoms with van der Waals surface area (Å²) in [5.41, 5.74) is 3.11. The van der Waals surface area contributed by atoms with E-state index in [9.17, 15) is 9.90 Å². The largest absolute Gasteiger partial charge is 0.478 e. The standard InChI is InChI=1S/C20H16Cl2N2O3/c21-12-1-3-17-14(7-12)19(16(9-23-17)11-5-6-27-10-11)24-18-4-2-13(22)8-15(18)20(25)26/h1-4,7-9,11H,5-6,10H2,(H,23,24)(H,25,26)/t11-/m0/s1. The lowest BCUT2D eigenvalue weighted by Gasteiger charge is -2.19. The van der Waals surface area contributed by atoms with Gasteiger partial charge in [-0.2, -0.15) is 0 Å². The molecular formula is C20H16Cl2N2O3. The number of hydrogen-bond donors (Lipinski definition) is 2. The molecule has 3 aromatic rings. The molecule has 7 heteroatoms. The van der Waals surface area contributed by atoms with E-state index < -0.39 is 5.97 Å². The van der Waals surface area contributed by atoms with Crippen molar-refractivity contribution in [3.63, 3.8) is 0 Å². The van der Waals surface area contributed by atoms with Crippen molar-refractivity contribution in [2.45, 2.75) is 12.3 Å². The molecule has 0 radical (unpaired) electrons. The molecule has 2 aromatic carbocycles. The van der Waals surface area contributed by atoms with E-state index in [4.69, 9.17) is 27.9 Å². The van der Waals surface area contributed by atoms with Gasteiger partial charge in [-0.25, -0.2) is 4.79 Å². The molecule has 0 amide bonds. The highest BCUT2D eigenvalue weighted by Crippen LogP contribution is 2.38. The molecular weight excluding hydrogens is 387 g/mol. The molecule has 0 aliphatic carbocycles. The highest BCUT2D eigenvalue weighted by atomic mass is 35.5. The van der Waals surface area contributed by atoms with E-state index in [1.807, 2.05) is 18.3 Å². The number of nitrogens with zero attached hydrogens (tertiary/aromatic N) is 1. The predicted octanol–water partition coefficient (Wildman–Crippen LogP) is 5.49. The van der Waals surface area contributed by atoms with Crippen LogP contribution in [0.2, 0.25) is 10.0 Å². The average molecular weight is 403 g/mol. The van der Waals surface area contributed by atoms with Gasteiger partial charge in [-0.3, -0.25) is 4.98 Å². The number of aromatic carboxylic acids is 1. The quantitative estimate of drug-likeness (QED) is 0.603. The minimum atomic E-state index is -1.05. The fourth-order valence-electron chi connectivity index (χ4n) is 3.35. The van der Waals surface area contributed by atoms with Crippen LogP contribution < -0.4 is 5.32 Å². The molecule has 0 spiro atoms. The normalized spacial score (nSPS) is 16.6. The number of hydrogen-bond acceptors (Lipinski definition) is 4. The third-order valence-electron chi connectivity index (χ3n) is 4.70. The number of carbonyl (C=O) groups is 1. The fraction of sp³-hybridized carbons (Fsp3) is 0.200. The van der Waals surface area contributed by atoms with E-state index in [0.29, 0.717) is 28.9 Å². The molecule has 1 saturated heterocycles. The van der Waals surface area contributed by atoms with Crippen LogP contribution in [-0.2, 0) is 4.74 Å². The molecule has 1 atom stereocenters. The third-order valence-corrected chi connectivity index (χ3v) is 5.17. The summed E-state index contributed by atoms with van der Waals surface area (Å²) in [5.74, 6) is -0.869. The van der Waals surface area contributed by atoms with Gasteiger partial charge in [0.1, 0.15) is 0 Å². The van der Waals surface area contributed by atoms with Crippen molar-refractivity contribution in [2.24, 2.45) is 0 Å². The molecule has 2 N–H and O–H groups in total. The monoisotopic (exact) mass is 402 g/mol. The summed E-state index contributed by atoms with van der Waals surface area (Å²) < 4.78 is 5.54. The molecule has 1 aliphatic heterocycles. The van der Waals surface area contributed by atoms with Crippen molar-refractivity contribution in [1.82, 2.24) is 4.98 Å². The maximum Gasteiger partial charge on any atom is 0.337 e. The Bertz CT molecular complexity index is 1030. The minimum absolute atomic E-state index is 0.100. The van der Waals surface area contributed by atoms with E-state index in [1.165, 1.54) is 6.07 Å². The van der Waals surface area contributed by atoms with Crippen molar-refractivity contribution in [3.8, 4) is 0 Å². The number of pyridine rings is 1. The highest BCUT2D eigenvalue weighted by Gasteiger charge is 2.24. The topological polar surface area (TPSA) is 71.5 Å². The molecule has 4 rings (SSSR count). The molecule has 0 unspecified atom stereocenters. The zero-order valence-electron chi connectivity index (χ0n) is 14.2. The van der Waals surface area contributed by atoms with Gasteiger partial charge in [0.2, 0.25) is 0 Å². The number of anilines is 2. The molecule has 27 heavy (non-hydrogen) atoms. The number of carboxylic acids is 1. The van der Waals surface area contributed by atoms with Crippen LogP contribution in [-0.4, -0.2) is 29.3 Å². The van der Waals surface area contributed by atoms with E-state index in [0.717, 1.165) is 28.6 Å². The van der Waals surface area contributed by atoms with Crippen molar-refractivity contribution < 1.29 is 14.6 Å². The number of benzene rings is 2. The van der Waals surface area contributed by atoms with Crippen LogP contribution in [0.5, 0.6) is 0 Å². The van der Waals surface area contributed by atoms with Crippen LogP contribution in [0, 0.1) is 0 Å². The van der Waals surface area contributed by atoms with Gasteiger partial charge < -0.3 is 15.2 Å². The number of carboxylic acid groups (broad SMARTS) is 1. The molecule has 1 fully saturated rings. The zero-order valence-corrected chi connectivity index (χ0v) is 15.7. The van der Waals surface area contributed by atoms with E-state index in [-0.39, 0.29) is 11.5 Å². The lowest BCUT2D eigenvalue weighted by molar-refractivity contribution is 0.0698. The molecule has 1 aliphatic rings. The van der Waals surface area contributed by atoms with Gasteiger partial charge >= 0.3 is 5.97 Å². The van der Waals surface area contributed by atoms with Gasteiger partial charge in [0.05, 0.1) is 29.1 Å². The fourth-order valence-corrected chi connectivity index (χ4v) is 3.69. The Morgan fingerprint density at radius 3 is 2.70 bits per heavy atom. The first-order valence-corrected chi connectivity index (χ1v) is 9.24. The van der Waals surface area contributed by atoms with Gasteiger partial charge in [0, 0.05) is 39.7 Å². The molecule has 0 bridgehead atoms. The average Bonchev–Trinajstić information content (AvgIpc) is 3.17. The second kappa shape index (κ2) is 7.35. The van der Waals surface area contributed by atoms with Gasteiger partial charge in [-0.15, -0.1) is 0 Å². The van der Waals surface area contributed by atoms with E-state index >= 15 is 0 Å². The number of halogens is 2. The first kappa shape index (κ1) is 18.0. The Labute approximate surface area is 165 Å². The molecule has 0 saturated carbocycles. The van der Waals surface area contributed by atoms with Crippen LogP contribution in [0.1, 0.15) is 28.3 Å². The van der Waals surface area contributed by atoms with Crippen molar-refractivity contribution in [2.75, 3.05) is 18.5 Å². The van der Waals surface area contributed by atoms with Crippen LogP contribution in [0.3, 0.4) is 0 Å². The van der Waals surface area contributed by atoms with Gasteiger partial charge in [0.25, 0.3) is 0 Å². The Balaban J connectivity index is 1.90. The van der Waals surface area contributed by atoms with Crippen LogP contribution in [0.25, 0.3) is 10.9 Å². The first-order valence-electron chi connectivity index (χ1n) is 8.48. The summed E-state index contributed by atoms with van der Waals surface area (Å²) in [5, 5.41) is 14.6. The van der Waals surface area contributed by atoms with Crippen LogP contribution >= 0.6 is 23.2 Å². The maximum atomic E-state index is 11.7. The van der Waals surface area contributed by atoms with E-state index in [1.54, 1.807) is 18.2 Å². The summed E-state index contributed by atoms with van der Waals surface area (Å²) in [6.45, 7) is 1.30. The summed E-state index contributed by atoms with van der Waals surface area (Å²) in [6, 6.07) is 10.2. The van der Waals surface area contributed by atoms with Crippen molar-refractivity contribution >= 4 is 51.4 Å². The number of fused-ring (bicyclic) bond motifs is 1. The van der Waals surface area contributed by atoms with Crippen LogP contribution in [0.15, 0.2) is 42.6 Å². The molecule has 2 heterocycles. The number of rotatable bonds is 4. The molecule has 138 valence electrons. The number of aromatic nitrogens is 1. The first-order chi connectivity index (χ1) is 13.0.